The third-order valence-corrected chi connectivity index (χ3v) is 7.12. The molecule has 0 bridgehead atoms. The van der Waals surface area contributed by atoms with Gasteiger partial charge in [-0.3, -0.25) is 4.79 Å². The van der Waals surface area contributed by atoms with E-state index in [0.29, 0.717) is 17.9 Å². The highest BCUT2D eigenvalue weighted by molar-refractivity contribution is 7.80. The van der Waals surface area contributed by atoms with Crippen LogP contribution in [0.2, 0.25) is 0 Å². The molecule has 0 N–H and O–H groups in total. The maximum Gasteiger partial charge on any atom is 0.306 e. The van der Waals surface area contributed by atoms with Gasteiger partial charge in [0.2, 0.25) is 5.69 Å². The summed E-state index contributed by atoms with van der Waals surface area (Å²) >= 11 is 8.57. The largest absolute Gasteiger partial charge is 0.462 e. The summed E-state index contributed by atoms with van der Waals surface area (Å²) in [6.07, 6.45) is 6.99. The van der Waals surface area contributed by atoms with Gasteiger partial charge in [-0.05, 0) is 62.0 Å². The number of hydrogen-bond donors (Lipinski definition) is 2. The minimum absolute atomic E-state index is 0.0899. The van der Waals surface area contributed by atoms with Gasteiger partial charge in [-0.2, -0.15) is 29.8 Å². The Morgan fingerprint density at radius 1 is 1.03 bits per heavy atom. The Balaban J connectivity index is 1.78. The number of allylic oxidation sites excluding steroid dienone is 1. The molecule has 0 amide bonds. The molecule has 1 aliphatic heterocycles. The lowest BCUT2D eigenvalue weighted by Gasteiger charge is -2.16. The Morgan fingerprint density at radius 3 is 2.31 bits per heavy atom. The third kappa shape index (κ3) is 6.95. The van der Waals surface area contributed by atoms with Gasteiger partial charge in [-0.25, -0.2) is 0 Å². The fourth-order valence-corrected chi connectivity index (χ4v) is 5.19. The molecule has 0 unspecified atom stereocenters. The fraction of sp³-hybridized carbons (Fsp3) is 0.448. The number of para-hydroxylation sites is 1. The summed E-state index contributed by atoms with van der Waals surface area (Å²) in [4.78, 5) is 14.6. The van der Waals surface area contributed by atoms with Gasteiger partial charge in [0.1, 0.15) is 12.6 Å². The van der Waals surface area contributed by atoms with Gasteiger partial charge in [0.25, 0.3) is 0 Å². The van der Waals surface area contributed by atoms with Gasteiger partial charge in [0.05, 0.1) is 11.8 Å². The summed E-state index contributed by atoms with van der Waals surface area (Å²) < 4.78 is 8.05. The number of fused-ring (bicyclic) bond motifs is 1. The van der Waals surface area contributed by atoms with Crippen LogP contribution >= 0.6 is 25.3 Å². The Morgan fingerprint density at radius 2 is 1.69 bits per heavy atom. The summed E-state index contributed by atoms with van der Waals surface area (Å²) in [5.41, 5.74) is 6.00. The number of benzene rings is 2. The van der Waals surface area contributed by atoms with Crippen molar-refractivity contribution >= 4 is 54.4 Å². The first-order valence-electron chi connectivity index (χ1n) is 12.4. The quantitative estimate of drug-likeness (QED) is 0.203. The number of hydrogen-bond acceptors (Lipinski definition) is 5. The molecule has 6 heteroatoms. The van der Waals surface area contributed by atoms with E-state index < -0.39 is 0 Å². The number of esters is 1. The molecule has 0 saturated carbocycles. The van der Waals surface area contributed by atoms with E-state index in [0.717, 1.165) is 31.4 Å². The van der Waals surface area contributed by atoms with Crippen LogP contribution < -0.4 is 4.90 Å². The van der Waals surface area contributed by atoms with E-state index in [2.05, 4.69) is 109 Å². The van der Waals surface area contributed by atoms with Crippen LogP contribution in [0.4, 0.5) is 11.4 Å². The zero-order valence-electron chi connectivity index (χ0n) is 21.4. The van der Waals surface area contributed by atoms with E-state index in [1.165, 1.54) is 22.6 Å². The maximum absolute atomic E-state index is 12.5. The average Bonchev–Trinajstić information content (AvgIpc) is 3.04. The van der Waals surface area contributed by atoms with Crippen LogP contribution in [0.5, 0.6) is 0 Å². The van der Waals surface area contributed by atoms with Gasteiger partial charge in [0, 0.05) is 43.9 Å². The number of ether oxygens (including phenoxy) is 1. The highest BCUT2D eigenvalue weighted by atomic mass is 32.1. The molecular weight excluding hydrogens is 472 g/mol. The lowest BCUT2D eigenvalue weighted by Crippen LogP contribution is -2.28. The molecule has 3 rings (SSSR count). The van der Waals surface area contributed by atoms with Crippen molar-refractivity contribution in [1.82, 2.24) is 0 Å². The van der Waals surface area contributed by atoms with Crippen LogP contribution in [-0.2, 0) is 14.9 Å². The van der Waals surface area contributed by atoms with Gasteiger partial charge >= 0.3 is 5.97 Å². The molecule has 2 aromatic carbocycles. The second-order valence-electron chi connectivity index (χ2n) is 9.74. The highest BCUT2D eigenvalue weighted by Crippen LogP contribution is 2.40. The molecule has 1 aliphatic rings. The summed E-state index contributed by atoms with van der Waals surface area (Å²) in [6, 6.07) is 17.1. The number of rotatable bonds is 12. The Hall–Kier alpha value is -2.18. The van der Waals surface area contributed by atoms with E-state index in [1.54, 1.807) is 0 Å². The molecule has 0 spiro atoms. The molecule has 0 radical (unpaired) electrons. The summed E-state index contributed by atoms with van der Waals surface area (Å²) in [5, 5.41) is 0. The second kappa shape index (κ2) is 12.7. The van der Waals surface area contributed by atoms with E-state index in [1.807, 2.05) is 14.1 Å². The van der Waals surface area contributed by atoms with Crippen molar-refractivity contribution in [1.29, 1.82) is 0 Å². The van der Waals surface area contributed by atoms with Crippen molar-refractivity contribution in [3.63, 3.8) is 0 Å². The smallest absolute Gasteiger partial charge is 0.306 e. The summed E-state index contributed by atoms with van der Waals surface area (Å²) in [5.74, 6) is 1.27. The number of carbonyl (C=O) groups excluding carboxylic acids is 1. The number of carbonyl (C=O) groups is 1. The first-order chi connectivity index (χ1) is 16.8. The van der Waals surface area contributed by atoms with Gasteiger partial charge < -0.3 is 9.64 Å². The van der Waals surface area contributed by atoms with Crippen molar-refractivity contribution in [3.05, 3.63) is 65.7 Å². The van der Waals surface area contributed by atoms with Crippen molar-refractivity contribution in [2.45, 2.75) is 51.0 Å². The standard InChI is InChI=1S/C29H38N2O2S2/c1-29(2)25-8-5-6-9-26(25)31(19-7-10-28(32)33-24(17-20-34)18-21-35)27(29)16-13-22-11-14-23(15-12-22)30(3)4/h5-6,8-9,11-16,24H,7,10,17-21H2,1-4H3,(H-,34,35)/p+1. The molecule has 2 aromatic rings. The second-order valence-corrected chi connectivity index (χ2v) is 10.6. The number of anilines is 1. The molecule has 4 nitrogen and oxygen atoms in total. The monoisotopic (exact) mass is 511 g/mol. The minimum Gasteiger partial charge on any atom is -0.462 e. The predicted molar refractivity (Wildman–Crippen MR) is 155 cm³/mol. The van der Waals surface area contributed by atoms with Crippen LogP contribution in [0.1, 0.15) is 50.7 Å². The predicted octanol–water partition coefficient (Wildman–Crippen LogP) is 6.17. The highest BCUT2D eigenvalue weighted by Gasteiger charge is 2.43. The van der Waals surface area contributed by atoms with Crippen molar-refractivity contribution in [2.24, 2.45) is 0 Å². The van der Waals surface area contributed by atoms with E-state index in [4.69, 9.17) is 4.74 Å². The van der Waals surface area contributed by atoms with Crippen molar-refractivity contribution in [2.75, 3.05) is 37.0 Å². The van der Waals surface area contributed by atoms with Gasteiger partial charge in [-0.1, -0.05) is 30.3 Å². The van der Waals surface area contributed by atoms with E-state index in [9.17, 15) is 4.79 Å². The van der Waals surface area contributed by atoms with Crippen LogP contribution in [0.3, 0.4) is 0 Å². The lowest BCUT2D eigenvalue weighted by atomic mass is 9.81. The van der Waals surface area contributed by atoms with Crippen LogP contribution in [0, 0.1) is 0 Å². The SMILES string of the molecule is CN(C)c1ccc(C=CC2=[N+](CCCC(=O)OC(CCS)CCS)c3ccccc3C2(C)C)cc1. The molecule has 188 valence electrons. The fourth-order valence-electron chi connectivity index (χ4n) is 4.62. The number of thiol groups is 2. The van der Waals surface area contributed by atoms with Crippen LogP contribution in [0.15, 0.2) is 54.6 Å². The molecule has 0 aliphatic carbocycles. The minimum atomic E-state index is -0.136. The van der Waals surface area contributed by atoms with Gasteiger partial charge in [-0.15, -0.1) is 0 Å². The third-order valence-electron chi connectivity index (χ3n) is 6.61. The molecule has 1 heterocycles. The molecule has 0 atom stereocenters. The normalized spacial score (nSPS) is 14.6. The zero-order chi connectivity index (χ0) is 25.4. The molecule has 0 aromatic heterocycles. The first-order valence-corrected chi connectivity index (χ1v) is 13.7. The van der Waals surface area contributed by atoms with Crippen molar-refractivity contribution < 1.29 is 14.1 Å². The summed E-state index contributed by atoms with van der Waals surface area (Å²) in [6.45, 7) is 5.31. The molecule has 0 saturated heterocycles. The molecule has 35 heavy (non-hydrogen) atoms. The van der Waals surface area contributed by atoms with E-state index in [-0.39, 0.29) is 17.5 Å². The number of nitrogens with zero attached hydrogens (tertiary/aromatic N) is 2. The lowest BCUT2D eigenvalue weighted by molar-refractivity contribution is -0.438. The Labute approximate surface area is 221 Å². The average molecular weight is 512 g/mol. The molecular formula is C29H39N2O2S2+. The maximum atomic E-state index is 12.5. The Kier molecular flexibility index (Phi) is 9.93. The van der Waals surface area contributed by atoms with Crippen LogP contribution in [-0.4, -0.2) is 54.5 Å². The Bertz CT molecular complexity index is 1050. The van der Waals surface area contributed by atoms with Crippen molar-refractivity contribution in [3.8, 4) is 0 Å². The zero-order valence-corrected chi connectivity index (χ0v) is 23.2. The summed E-state index contributed by atoms with van der Waals surface area (Å²) in [7, 11) is 4.10. The topological polar surface area (TPSA) is 32.5 Å². The molecule has 0 fully saturated rings. The van der Waals surface area contributed by atoms with Crippen LogP contribution in [0.25, 0.3) is 6.08 Å². The first kappa shape index (κ1) is 27.4. The van der Waals surface area contributed by atoms with Gasteiger partial charge in [0.15, 0.2) is 5.71 Å². The van der Waals surface area contributed by atoms with E-state index >= 15 is 0 Å².